The summed E-state index contributed by atoms with van der Waals surface area (Å²) >= 11 is 1.43. The fourth-order valence-corrected chi connectivity index (χ4v) is 2.67. The number of halogens is 1. The average Bonchev–Trinajstić information content (AvgIpc) is 2.68. The van der Waals surface area contributed by atoms with Gasteiger partial charge in [0.05, 0.1) is 16.5 Å². The van der Waals surface area contributed by atoms with Crippen LogP contribution < -0.4 is 0 Å². The van der Waals surface area contributed by atoms with Crippen LogP contribution in [0, 0.1) is 12.7 Å². The van der Waals surface area contributed by atoms with E-state index in [9.17, 15) is 9.18 Å². The van der Waals surface area contributed by atoms with Crippen molar-refractivity contribution in [2.75, 3.05) is 5.75 Å². The third-order valence-corrected chi connectivity index (χ3v) is 3.83. The topological polar surface area (TPSA) is 34.9 Å². The molecule has 0 spiro atoms. The number of benzene rings is 1. The molecule has 0 radical (unpaired) electrons. The molecule has 0 aliphatic rings. The molecular formula is C14H15FN2OS. The second-order valence-corrected chi connectivity index (χ2v) is 5.34. The summed E-state index contributed by atoms with van der Waals surface area (Å²) in [7, 11) is 1.84. The standard InChI is InChI=1S/C14H15FN2OS/c1-10-7-14(17(2)16-10)19-9-12(18)8-11-5-3-4-6-13(11)15/h3-7H,8-9H2,1-2H3. The maximum atomic E-state index is 13.4. The Balaban J connectivity index is 1.92. The molecule has 5 heteroatoms. The van der Waals surface area contributed by atoms with Crippen LogP contribution in [0.5, 0.6) is 0 Å². The number of carbonyl (C=O) groups is 1. The van der Waals surface area contributed by atoms with E-state index in [1.165, 1.54) is 17.8 Å². The summed E-state index contributed by atoms with van der Waals surface area (Å²) in [5, 5.41) is 5.16. The minimum absolute atomic E-state index is 0.00829. The monoisotopic (exact) mass is 278 g/mol. The Morgan fingerprint density at radius 1 is 1.42 bits per heavy atom. The van der Waals surface area contributed by atoms with Gasteiger partial charge in [-0.1, -0.05) is 30.0 Å². The summed E-state index contributed by atoms with van der Waals surface area (Å²) in [6.07, 6.45) is 0.135. The van der Waals surface area contributed by atoms with Crippen molar-refractivity contribution >= 4 is 17.5 Å². The fourth-order valence-electron chi connectivity index (χ4n) is 1.78. The van der Waals surface area contributed by atoms with Gasteiger partial charge in [0.2, 0.25) is 0 Å². The van der Waals surface area contributed by atoms with Gasteiger partial charge in [-0.25, -0.2) is 4.39 Å². The third kappa shape index (κ3) is 3.67. The van der Waals surface area contributed by atoms with E-state index in [2.05, 4.69) is 5.10 Å². The molecule has 0 atom stereocenters. The molecule has 1 aromatic carbocycles. The van der Waals surface area contributed by atoms with Gasteiger partial charge in [0.25, 0.3) is 0 Å². The molecule has 0 saturated carbocycles. The largest absolute Gasteiger partial charge is 0.298 e. The first kappa shape index (κ1) is 13.8. The second-order valence-electron chi connectivity index (χ2n) is 4.34. The first-order chi connectivity index (χ1) is 9.06. The molecular weight excluding hydrogens is 263 g/mol. The van der Waals surface area contributed by atoms with Crippen LogP contribution in [0.4, 0.5) is 4.39 Å². The zero-order valence-electron chi connectivity index (χ0n) is 10.9. The van der Waals surface area contributed by atoms with Crippen LogP contribution in [0.2, 0.25) is 0 Å². The fraction of sp³-hybridized carbons (Fsp3) is 0.286. The summed E-state index contributed by atoms with van der Waals surface area (Å²) in [6, 6.07) is 8.31. The molecule has 0 amide bonds. The van der Waals surface area contributed by atoms with Gasteiger partial charge in [-0.15, -0.1) is 0 Å². The molecule has 0 saturated heterocycles. The lowest BCUT2D eigenvalue weighted by Gasteiger charge is -2.03. The van der Waals surface area contributed by atoms with E-state index in [0.717, 1.165) is 10.7 Å². The lowest BCUT2D eigenvalue weighted by molar-refractivity contribution is -0.116. The van der Waals surface area contributed by atoms with E-state index in [-0.39, 0.29) is 18.0 Å². The predicted molar refractivity (Wildman–Crippen MR) is 73.8 cm³/mol. The Morgan fingerprint density at radius 2 is 2.16 bits per heavy atom. The van der Waals surface area contributed by atoms with Crippen LogP contribution in [-0.4, -0.2) is 21.3 Å². The molecule has 0 bridgehead atoms. The van der Waals surface area contributed by atoms with Crippen LogP contribution in [0.1, 0.15) is 11.3 Å². The van der Waals surface area contributed by atoms with Crippen molar-refractivity contribution in [3.63, 3.8) is 0 Å². The number of ketones is 1. The van der Waals surface area contributed by atoms with E-state index in [1.807, 2.05) is 20.0 Å². The van der Waals surface area contributed by atoms with Crippen molar-refractivity contribution < 1.29 is 9.18 Å². The van der Waals surface area contributed by atoms with E-state index in [0.29, 0.717) is 11.3 Å². The minimum atomic E-state index is -0.322. The number of aryl methyl sites for hydroxylation is 2. The van der Waals surface area contributed by atoms with Crippen molar-refractivity contribution in [1.29, 1.82) is 0 Å². The Kier molecular flexibility index (Phi) is 4.37. The highest BCUT2D eigenvalue weighted by atomic mass is 32.2. The van der Waals surface area contributed by atoms with Crippen LogP contribution in [0.15, 0.2) is 35.4 Å². The van der Waals surface area contributed by atoms with Gasteiger partial charge in [-0.2, -0.15) is 5.10 Å². The molecule has 100 valence electrons. The van der Waals surface area contributed by atoms with Gasteiger partial charge >= 0.3 is 0 Å². The van der Waals surface area contributed by atoms with Crippen molar-refractivity contribution in [3.05, 3.63) is 47.4 Å². The van der Waals surface area contributed by atoms with E-state index in [4.69, 9.17) is 0 Å². The summed E-state index contributed by atoms with van der Waals surface area (Å²) in [5.41, 5.74) is 1.38. The molecule has 1 heterocycles. The Hall–Kier alpha value is -1.62. The predicted octanol–water partition coefficient (Wildman–Crippen LogP) is 2.77. The Bertz CT molecular complexity index is 595. The van der Waals surface area contributed by atoms with E-state index < -0.39 is 0 Å². The van der Waals surface area contributed by atoms with Crippen LogP contribution >= 0.6 is 11.8 Å². The zero-order chi connectivity index (χ0) is 13.8. The van der Waals surface area contributed by atoms with Gasteiger partial charge in [0, 0.05) is 13.5 Å². The molecule has 0 N–H and O–H groups in total. The molecule has 0 fully saturated rings. The molecule has 0 aliphatic carbocycles. The summed E-state index contributed by atoms with van der Waals surface area (Å²) < 4.78 is 15.2. The molecule has 2 rings (SSSR count). The summed E-state index contributed by atoms with van der Waals surface area (Å²) in [6.45, 7) is 1.91. The number of Topliss-reactive ketones (excluding diaryl/α,β-unsaturated/α-hetero) is 1. The number of rotatable bonds is 5. The van der Waals surface area contributed by atoms with Crippen LogP contribution in [0.3, 0.4) is 0 Å². The number of hydrogen-bond donors (Lipinski definition) is 0. The number of nitrogens with zero attached hydrogens (tertiary/aromatic N) is 2. The van der Waals surface area contributed by atoms with Crippen LogP contribution in [0.25, 0.3) is 0 Å². The maximum absolute atomic E-state index is 13.4. The van der Waals surface area contributed by atoms with Crippen molar-refractivity contribution in [1.82, 2.24) is 9.78 Å². The van der Waals surface area contributed by atoms with Gasteiger partial charge in [-0.3, -0.25) is 9.48 Å². The van der Waals surface area contributed by atoms with Gasteiger partial charge in [0.1, 0.15) is 11.6 Å². The van der Waals surface area contributed by atoms with Crippen LogP contribution in [-0.2, 0) is 18.3 Å². The van der Waals surface area contributed by atoms with E-state index in [1.54, 1.807) is 22.9 Å². The number of hydrogen-bond acceptors (Lipinski definition) is 3. The molecule has 3 nitrogen and oxygen atoms in total. The van der Waals surface area contributed by atoms with Crippen molar-refractivity contribution in [3.8, 4) is 0 Å². The molecule has 1 aromatic heterocycles. The quantitative estimate of drug-likeness (QED) is 0.789. The maximum Gasteiger partial charge on any atom is 0.147 e. The Labute approximate surface area is 115 Å². The SMILES string of the molecule is Cc1cc(SCC(=O)Cc2ccccc2F)n(C)n1. The zero-order valence-corrected chi connectivity index (χ0v) is 11.7. The first-order valence-electron chi connectivity index (χ1n) is 5.95. The van der Waals surface area contributed by atoms with Gasteiger partial charge in [0.15, 0.2) is 0 Å². The third-order valence-electron chi connectivity index (χ3n) is 2.69. The molecule has 0 unspecified atom stereocenters. The first-order valence-corrected chi connectivity index (χ1v) is 6.93. The van der Waals surface area contributed by atoms with Crippen molar-refractivity contribution in [2.24, 2.45) is 7.05 Å². The second kappa shape index (κ2) is 6.02. The molecule has 2 aromatic rings. The lowest BCUT2D eigenvalue weighted by Crippen LogP contribution is -2.07. The summed E-state index contributed by atoms with van der Waals surface area (Å²) in [4.78, 5) is 11.8. The minimum Gasteiger partial charge on any atom is -0.298 e. The average molecular weight is 278 g/mol. The van der Waals surface area contributed by atoms with E-state index >= 15 is 0 Å². The molecule has 19 heavy (non-hydrogen) atoms. The van der Waals surface area contributed by atoms with Gasteiger partial charge < -0.3 is 0 Å². The smallest absolute Gasteiger partial charge is 0.147 e. The Morgan fingerprint density at radius 3 is 2.79 bits per heavy atom. The number of carbonyl (C=O) groups excluding carboxylic acids is 1. The summed E-state index contributed by atoms with van der Waals surface area (Å²) in [5.74, 6) is 0.0130. The highest BCUT2D eigenvalue weighted by molar-refractivity contribution is 7.99. The van der Waals surface area contributed by atoms with Gasteiger partial charge in [-0.05, 0) is 24.6 Å². The highest BCUT2D eigenvalue weighted by Gasteiger charge is 2.10. The lowest BCUT2D eigenvalue weighted by atomic mass is 10.1. The van der Waals surface area contributed by atoms with Crippen molar-refractivity contribution in [2.45, 2.75) is 18.4 Å². The highest BCUT2D eigenvalue weighted by Crippen LogP contribution is 2.19. The number of aromatic nitrogens is 2. The number of thioether (sulfide) groups is 1. The molecule has 0 aliphatic heterocycles. The normalized spacial score (nSPS) is 10.7.